The van der Waals surface area contributed by atoms with Crippen molar-refractivity contribution in [1.29, 1.82) is 0 Å². The van der Waals surface area contributed by atoms with Crippen LogP contribution in [0.15, 0.2) is 16.9 Å². The maximum atomic E-state index is 4.34. The van der Waals surface area contributed by atoms with Gasteiger partial charge in [-0.05, 0) is 22.4 Å². The molecule has 0 unspecified atom stereocenters. The first-order chi connectivity index (χ1) is 6.83. The van der Waals surface area contributed by atoms with Crippen LogP contribution in [-0.2, 0) is 0 Å². The summed E-state index contributed by atoms with van der Waals surface area (Å²) in [7, 11) is 0. The summed E-state index contributed by atoms with van der Waals surface area (Å²) in [5, 5.41) is 0.812. The lowest BCUT2D eigenvalue weighted by atomic mass is 10.2. The molecule has 2 bridgehead atoms. The molecule has 0 saturated carbocycles. The third-order valence-corrected chi connectivity index (χ3v) is 4.56. The molecule has 5 heteroatoms. The lowest BCUT2D eigenvalue weighted by Gasteiger charge is -2.26. The Kier molecular flexibility index (Phi) is 2.17. The van der Waals surface area contributed by atoms with Gasteiger partial charge in [-0.3, -0.25) is 0 Å². The van der Waals surface area contributed by atoms with E-state index in [1.165, 1.54) is 12.2 Å². The van der Waals surface area contributed by atoms with Gasteiger partial charge in [-0.2, -0.15) is 11.8 Å². The Balaban J connectivity index is 1.86. The zero-order chi connectivity index (χ0) is 9.54. The van der Waals surface area contributed by atoms with Gasteiger partial charge < -0.3 is 4.90 Å². The summed E-state index contributed by atoms with van der Waals surface area (Å²) < 4.78 is 0.944. The van der Waals surface area contributed by atoms with E-state index < -0.39 is 0 Å². The van der Waals surface area contributed by atoms with Crippen LogP contribution >= 0.6 is 27.7 Å². The van der Waals surface area contributed by atoms with E-state index in [1.54, 1.807) is 0 Å². The first-order valence-electron chi connectivity index (χ1n) is 4.69. The number of rotatable bonds is 1. The van der Waals surface area contributed by atoms with Crippen LogP contribution < -0.4 is 4.90 Å². The third-order valence-electron chi connectivity index (χ3n) is 2.76. The Morgan fingerprint density at radius 3 is 2.79 bits per heavy atom. The maximum Gasteiger partial charge on any atom is 0.225 e. The molecule has 0 N–H and O–H groups in total. The van der Waals surface area contributed by atoms with Crippen molar-refractivity contribution in [2.45, 2.75) is 17.7 Å². The summed E-state index contributed by atoms with van der Waals surface area (Å²) in [6, 6.07) is 0.672. The van der Waals surface area contributed by atoms with Gasteiger partial charge in [0.15, 0.2) is 0 Å². The van der Waals surface area contributed by atoms with Crippen LogP contribution in [0.4, 0.5) is 5.95 Å². The van der Waals surface area contributed by atoms with E-state index >= 15 is 0 Å². The molecule has 1 aromatic rings. The Bertz CT molecular complexity index is 342. The molecule has 2 aliphatic rings. The van der Waals surface area contributed by atoms with E-state index in [0.717, 1.165) is 22.2 Å². The Labute approximate surface area is 95.4 Å². The van der Waals surface area contributed by atoms with Gasteiger partial charge in [0, 0.05) is 36.0 Å². The minimum absolute atomic E-state index is 0.672. The van der Waals surface area contributed by atoms with Gasteiger partial charge in [0.1, 0.15) is 0 Å². The number of halogens is 1. The zero-order valence-electron chi connectivity index (χ0n) is 7.56. The van der Waals surface area contributed by atoms with Gasteiger partial charge in [-0.1, -0.05) is 0 Å². The smallest absolute Gasteiger partial charge is 0.225 e. The quantitative estimate of drug-likeness (QED) is 0.781. The van der Waals surface area contributed by atoms with Gasteiger partial charge in [0.25, 0.3) is 0 Å². The Morgan fingerprint density at radius 1 is 1.43 bits per heavy atom. The summed E-state index contributed by atoms with van der Waals surface area (Å²) in [5.74, 6) is 2.13. The molecular weight excluding hydrogens is 262 g/mol. The van der Waals surface area contributed by atoms with Crippen molar-refractivity contribution >= 4 is 33.6 Å². The van der Waals surface area contributed by atoms with E-state index in [1.807, 2.05) is 12.4 Å². The van der Waals surface area contributed by atoms with Gasteiger partial charge in [0.2, 0.25) is 5.95 Å². The largest absolute Gasteiger partial charge is 0.336 e. The second-order valence-electron chi connectivity index (χ2n) is 3.70. The van der Waals surface area contributed by atoms with Crippen molar-refractivity contribution in [3.63, 3.8) is 0 Å². The van der Waals surface area contributed by atoms with Crippen molar-refractivity contribution in [3.8, 4) is 0 Å². The van der Waals surface area contributed by atoms with Crippen LogP contribution in [0.3, 0.4) is 0 Å². The van der Waals surface area contributed by atoms with Crippen LogP contribution in [0, 0.1) is 0 Å². The molecule has 2 aliphatic heterocycles. The van der Waals surface area contributed by atoms with E-state index in [0.29, 0.717) is 6.04 Å². The molecule has 2 fully saturated rings. The van der Waals surface area contributed by atoms with Crippen LogP contribution in [0.2, 0.25) is 0 Å². The fraction of sp³-hybridized carbons (Fsp3) is 0.556. The monoisotopic (exact) mass is 271 g/mol. The average molecular weight is 272 g/mol. The summed E-state index contributed by atoms with van der Waals surface area (Å²) in [6.45, 7) is 1.12. The summed E-state index contributed by atoms with van der Waals surface area (Å²) in [5.41, 5.74) is 0. The molecule has 3 rings (SSSR count). The van der Waals surface area contributed by atoms with Crippen LogP contribution in [0.5, 0.6) is 0 Å². The van der Waals surface area contributed by atoms with Crippen molar-refractivity contribution in [1.82, 2.24) is 9.97 Å². The lowest BCUT2D eigenvalue weighted by Crippen LogP contribution is -2.35. The molecule has 1 aromatic heterocycles. The number of hydrogen-bond donors (Lipinski definition) is 0. The van der Waals surface area contributed by atoms with Crippen LogP contribution in [0.25, 0.3) is 0 Å². The second kappa shape index (κ2) is 3.38. The fourth-order valence-corrected chi connectivity index (χ4v) is 3.74. The molecule has 2 atom stereocenters. The first-order valence-corrected chi connectivity index (χ1v) is 6.53. The number of anilines is 1. The Morgan fingerprint density at radius 2 is 2.21 bits per heavy atom. The van der Waals surface area contributed by atoms with E-state index in [4.69, 9.17) is 0 Å². The summed E-state index contributed by atoms with van der Waals surface area (Å²) >= 11 is 5.43. The highest BCUT2D eigenvalue weighted by molar-refractivity contribution is 9.10. The minimum Gasteiger partial charge on any atom is -0.336 e. The molecule has 74 valence electrons. The van der Waals surface area contributed by atoms with Crippen molar-refractivity contribution < 1.29 is 0 Å². The topological polar surface area (TPSA) is 29.0 Å². The molecule has 0 amide bonds. The van der Waals surface area contributed by atoms with Crippen LogP contribution in [-0.4, -0.2) is 33.6 Å². The Hall–Kier alpha value is -0.290. The average Bonchev–Trinajstić information content (AvgIpc) is 2.80. The number of aromatic nitrogens is 2. The molecule has 0 radical (unpaired) electrons. The molecular formula is C9H10BrN3S. The van der Waals surface area contributed by atoms with Crippen molar-refractivity contribution in [3.05, 3.63) is 16.9 Å². The number of thioether (sulfide) groups is 1. The second-order valence-corrected chi connectivity index (χ2v) is 5.95. The highest BCUT2D eigenvalue weighted by atomic mass is 79.9. The highest BCUT2D eigenvalue weighted by Crippen LogP contribution is 2.38. The van der Waals surface area contributed by atoms with Gasteiger partial charge in [-0.25, -0.2) is 9.97 Å². The van der Waals surface area contributed by atoms with E-state index in [-0.39, 0.29) is 0 Å². The lowest BCUT2D eigenvalue weighted by molar-refractivity contribution is 0.738. The molecule has 2 saturated heterocycles. The molecule has 0 spiro atoms. The fourth-order valence-electron chi connectivity index (χ4n) is 2.10. The SMILES string of the molecule is Brc1cnc(N2C[C@H]3C[C@H]2CS3)nc1. The van der Waals surface area contributed by atoms with Crippen molar-refractivity contribution in [2.24, 2.45) is 0 Å². The first kappa shape index (κ1) is 8.97. The normalized spacial score (nSPS) is 29.9. The molecule has 14 heavy (non-hydrogen) atoms. The summed E-state index contributed by atoms with van der Waals surface area (Å²) in [6.07, 6.45) is 4.95. The molecule has 3 nitrogen and oxygen atoms in total. The molecule has 0 aromatic carbocycles. The number of hydrogen-bond acceptors (Lipinski definition) is 4. The van der Waals surface area contributed by atoms with Crippen LogP contribution in [0.1, 0.15) is 6.42 Å². The number of fused-ring (bicyclic) bond motifs is 2. The van der Waals surface area contributed by atoms with Gasteiger partial charge in [-0.15, -0.1) is 0 Å². The van der Waals surface area contributed by atoms with Gasteiger partial charge >= 0.3 is 0 Å². The highest BCUT2D eigenvalue weighted by Gasteiger charge is 2.39. The number of nitrogens with zero attached hydrogens (tertiary/aromatic N) is 3. The summed E-state index contributed by atoms with van der Waals surface area (Å²) in [4.78, 5) is 11.0. The van der Waals surface area contributed by atoms with Crippen molar-refractivity contribution in [2.75, 3.05) is 17.2 Å². The maximum absolute atomic E-state index is 4.34. The molecule has 3 heterocycles. The predicted molar refractivity (Wildman–Crippen MR) is 61.7 cm³/mol. The zero-order valence-corrected chi connectivity index (χ0v) is 9.96. The predicted octanol–water partition coefficient (Wildman–Crippen LogP) is 1.93. The van der Waals surface area contributed by atoms with E-state index in [2.05, 4.69) is 42.6 Å². The molecule has 0 aliphatic carbocycles. The van der Waals surface area contributed by atoms with E-state index in [9.17, 15) is 0 Å². The third kappa shape index (κ3) is 1.42. The standard InChI is InChI=1S/C9H10BrN3S/c10-6-2-11-9(12-3-6)13-4-8-1-7(13)5-14-8/h2-3,7-8H,1,4-5H2/t7-,8+/m0/s1. The van der Waals surface area contributed by atoms with Gasteiger partial charge in [0.05, 0.1) is 4.47 Å². The minimum atomic E-state index is 0.672.